The van der Waals surface area contributed by atoms with E-state index in [0.29, 0.717) is 11.8 Å². The largest absolute Gasteiger partial charge is 0.135 e. The van der Waals surface area contributed by atoms with Crippen molar-refractivity contribution >= 4 is 42.7 Å². The Balaban J connectivity index is 1.29. The van der Waals surface area contributed by atoms with Gasteiger partial charge in [0.15, 0.2) is 0 Å². The van der Waals surface area contributed by atoms with Gasteiger partial charge in [-0.05, 0) is 63.4 Å². The zero-order chi connectivity index (χ0) is 25.5. The van der Waals surface area contributed by atoms with Crippen LogP contribution in [0.25, 0.3) is 42.4 Å². The predicted octanol–water partition coefficient (Wildman–Crippen LogP) is 10.6. The lowest BCUT2D eigenvalue weighted by molar-refractivity contribution is 0.575. The average molecular weight is 505 g/mol. The van der Waals surface area contributed by atoms with Gasteiger partial charge in [0.2, 0.25) is 0 Å². The topological polar surface area (TPSA) is 0 Å². The summed E-state index contributed by atoms with van der Waals surface area (Å²) in [6, 6.07) is 33.2. The van der Waals surface area contributed by atoms with Crippen LogP contribution in [0.2, 0.25) is 0 Å². The number of rotatable bonds is 4. The van der Waals surface area contributed by atoms with E-state index in [9.17, 15) is 0 Å². The summed E-state index contributed by atoms with van der Waals surface area (Å²) in [7, 11) is 0. The van der Waals surface area contributed by atoms with Crippen molar-refractivity contribution in [2.75, 3.05) is 0 Å². The smallest absolute Gasteiger partial charge is 0.0433 e. The molecule has 2 aliphatic rings. The van der Waals surface area contributed by atoms with Crippen molar-refractivity contribution < 1.29 is 0 Å². The maximum absolute atomic E-state index is 4.18. The lowest BCUT2D eigenvalue weighted by atomic mass is 9.71. The van der Waals surface area contributed by atoms with E-state index in [1.807, 2.05) is 17.4 Å². The standard InChI is InChI=1S/C37H28S/c1-2-25(21-22-29-24-27-11-3-4-14-30(27)33-16-6-5-15-31(29)33)26-12-9-13-28(23-26)32-18-10-19-35-34-17-7-8-20-36(34)38-37(32)35/h2-23,27,30H,1,24H2/b25-21+,29-22+. The van der Waals surface area contributed by atoms with Crippen molar-refractivity contribution in [2.45, 2.75) is 12.3 Å². The molecule has 1 heterocycles. The molecule has 5 aromatic rings. The fraction of sp³-hybridized carbons (Fsp3) is 0.0811. The molecule has 0 amide bonds. The van der Waals surface area contributed by atoms with E-state index in [-0.39, 0.29) is 0 Å². The minimum atomic E-state index is 0.476. The molecule has 4 aromatic carbocycles. The molecule has 0 N–H and O–H groups in total. The first-order valence-electron chi connectivity index (χ1n) is 13.3. The van der Waals surface area contributed by atoms with E-state index < -0.39 is 0 Å². The van der Waals surface area contributed by atoms with Crippen LogP contribution >= 0.6 is 11.3 Å². The molecular formula is C37H28S. The number of benzene rings is 4. The molecule has 2 aliphatic carbocycles. The minimum Gasteiger partial charge on any atom is -0.135 e. The average Bonchev–Trinajstić information content (AvgIpc) is 3.37. The van der Waals surface area contributed by atoms with E-state index >= 15 is 0 Å². The van der Waals surface area contributed by atoms with Crippen LogP contribution in [0.1, 0.15) is 29.0 Å². The fourth-order valence-electron chi connectivity index (χ4n) is 6.10. The number of allylic oxidation sites excluding steroid dienone is 9. The van der Waals surface area contributed by atoms with Gasteiger partial charge in [-0.25, -0.2) is 0 Å². The van der Waals surface area contributed by atoms with Gasteiger partial charge in [-0.2, -0.15) is 0 Å². The van der Waals surface area contributed by atoms with Gasteiger partial charge in [0.1, 0.15) is 0 Å². The molecule has 0 saturated heterocycles. The number of thiophene rings is 1. The van der Waals surface area contributed by atoms with Crippen LogP contribution in [0.3, 0.4) is 0 Å². The van der Waals surface area contributed by atoms with Gasteiger partial charge in [-0.3, -0.25) is 0 Å². The van der Waals surface area contributed by atoms with Crippen LogP contribution in [0, 0.1) is 5.92 Å². The van der Waals surface area contributed by atoms with E-state index in [0.717, 1.165) is 12.0 Å². The Hall–Kier alpha value is -4.20. The molecule has 0 radical (unpaired) electrons. The van der Waals surface area contributed by atoms with Crippen LogP contribution in [0.15, 0.2) is 140 Å². The first-order valence-corrected chi connectivity index (χ1v) is 14.1. The van der Waals surface area contributed by atoms with Crippen LogP contribution in [-0.2, 0) is 0 Å². The van der Waals surface area contributed by atoms with Crippen molar-refractivity contribution in [1.82, 2.24) is 0 Å². The third kappa shape index (κ3) is 3.91. The van der Waals surface area contributed by atoms with Crippen molar-refractivity contribution in [1.29, 1.82) is 0 Å². The molecule has 2 atom stereocenters. The van der Waals surface area contributed by atoms with Crippen molar-refractivity contribution in [3.63, 3.8) is 0 Å². The maximum Gasteiger partial charge on any atom is 0.0433 e. The van der Waals surface area contributed by atoms with Crippen LogP contribution in [0.5, 0.6) is 0 Å². The van der Waals surface area contributed by atoms with Gasteiger partial charge in [0, 0.05) is 26.1 Å². The zero-order valence-corrected chi connectivity index (χ0v) is 22.0. The number of hydrogen-bond acceptors (Lipinski definition) is 1. The normalized spacial score (nSPS) is 19.6. The second kappa shape index (κ2) is 9.59. The van der Waals surface area contributed by atoms with E-state index in [1.54, 1.807) is 0 Å². The number of fused-ring (bicyclic) bond motifs is 6. The lowest BCUT2D eigenvalue weighted by Gasteiger charge is -2.33. The second-order valence-electron chi connectivity index (χ2n) is 10.1. The zero-order valence-electron chi connectivity index (χ0n) is 21.2. The molecule has 0 bridgehead atoms. The Kier molecular flexibility index (Phi) is 5.80. The molecule has 0 spiro atoms. The Morgan fingerprint density at radius 2 is 1.58 bits per heavy atom. The summed E-state index contributed by atoms with van der Waals surface area (Å²) in [5, 5.41) is 2.67. The summed E-state index contributed by atoms with van der Waals surface area (Å²) in [4.78, 5) is 0. The molecule has 0 aliphatic heterocycles. The van der Waals surface area contributed by atoms with E-state index in [1.165, 1.54) is 53.6 Å². The fourth-order valence-corrected chi connectivity index (χ4v) is 7.34. The molecular weight excluding hydrogens is 476 g/mol. The quantitative estimate of drug-likeness (QED) is 0.214. The highest BCUT2D eigenvalue weighted by Crippen LogP contribution is 2.45. The van der Waals surface area contributed by atoms with E-state index in [4.69, 9.17) is 0 Å². The summed E-state index contributed by atoms with van der Waals surface area (Å²) in [6.07, 6.45) is 16.7. The third-order valence-corrected chi connectivity index (χ3v) is 9.19. The van der Waals surface area contributed by atoms with Gasteiger partial charge >= 0.3 is 0 Å². The first kappa shape index (κ1) is 23.0. The van der Waals surface area contributed by atoms with Gasteiger partial charge < -0.3 is 0 Å². The monoisotopic (exact) mass is 504 g/mol. The Morgan fingerprint density at radius 3 is 2.53 bits per heavy atom. The van der Waals surface area contributed by atoms with E-state index in [2.05, 4.69) is 134 Å². The molecule has 1 aromatic heterocycles. The number of hydrogen-bond donors (Lipinski definition) is 0. The molecule has 1 heteroatoms. The summed E-state index contributed by atoms with van der Waals surface area (Å²) in [5.41, 5.74) is 9.06. The third-order valence-electron chi connectivity index (χ3n) is 7.97. The minimum absolute atomic E-state index is 0.476. The van der Waals surface area contributed by atoms with Crippen molar-refractivity contribution in [3.05, 3.63) is 157 Å². The maximum atomic E-state index is 4.18. The predicted molar refractivity (Wildman–Crippen MR) is 166 cm³/mol. The van der Waals surface area contributed by atoms with Crippen molar-refractivity contribution in [2.24, 2.45) is 5.92 Å². The summed E-state index contributed by atoms with van der Waals surface area (Å²) >= 11 is 1.88. The lowest BCUT2D eigenvalue weighted by Crippen LogP contribution is -2.18. The van der Waals surface area contributed by atoms with Crippen LogP contribution in [-0.4, -0.2) is 0 Å². The Labute approximate surface area is 228 Å². The highest BCUT2D eigenvalue weighted by atomic mass is 32.1. The molecule has 7 rings (SSSR count). The van der Waals surface area contributed by atoms with Gasteiger partial charge in [0.05, 0.1) is 0 Å². The summed E-state index contributed by atoms with van der Waals surface area (Å²) < 4.78 is 2.68. The Morgan fingerprint density at radius 1 is 0.789 bits per heavy atom. The first-order chi connectivity index (χ1) is 18.8. The highest BCUT2D eigenvalue weighted by Gasteiger charge is 2.29. The van der Waals surface area contributed by atoms with Gasteiger partial charge in [-0.1, -0.05) is 128 Å². The molecule has 0 fully saturated rings. The molecule has 38 heavy (non-hydrogen) atoms. The molecule has 0 nitrogen and oxygen atoms in total. The SMILES string of the molecule is C=C/C(=C\C=C1/CC2C=CC=CC2c2ccccc21)c1cccc(-c2cccc3c2sc2ccccc23)c1. The summed E-state index contributed by atoms with van der Waals surface area (Å²) in [6.45, 7) is 4.18. The van der Waals surface area contributed by atoms with Gasteiger partial charge in [-0.15, -0.1) is 11.3 Å². The molecule has 0 saturated carbocycles. The van der Waals surface area contributed by atoms with Crippen LogP contribution < -0.4 is 0 Å². The molecule has 2 unspecified atom stereocenters. The second-order valence-corrected chi connectivity index (χ2v) is 11.2. The summed E-state index contributed by atoms with van der Waals surface area (Å²) in [5.74, 6) is 0.997. The molecule has 182 valence electrons. The van der Waals surface area contributed by atoms with Crippen LogP contribution in [0.4, 0.5) is 0 Å². The Bertz CT molecular complexity index is 1820. The van der Waals surface area contributed by atoms with Gasteiger partial charge in [0.25, 0.3) is 0 Å². The highest BCUT2D eigenvalue weighted by molar-refractivity contribution is 7.26. The van der Waals surface area contributed by atoms with Crippen molar-refractivity contribution in [3.8, 4) is 11.1 Å².